The van der Waals surface area contributed by atoms with E-state index in [1.807, 2.05) is 0 Å². The maximum atomic E-state index is 11.1. The van der Waals surface area contributed by atoms with Gasteiger partial charge in [-0.25, -0.2) is 13.6 Å². The van der Waals surface area contributed by atoms with Gasteiger partial charge in [0, 0.05) is 0 Å². The van der Waals surface area contributed by atoms with Gasteiger partial charge in [-0.15, -0.1) is 0 Å². The van der Waals surface area contributed by atoms with Crippen molar-refractivity contribution in [2.45, 2.75) is 4.90 Å². The quantitative estimate of drug-likeness (QED) is 0.628. The third kappa shape index (κ3) is 3.22. The largest absolute Gasteiger partial charge is 0.375 e. The van der Waals surface area contributed by atoms with Crippen LogP contribution < -0.4 is 16.2 Å². The lowest BCUT2D eigenvalue weighted by atomic mass is 10.3. The normalized spacial score (nSPS) is 11.0. The highest BCUT2D eigenvalue weighted by Crippen LogP contribution is 2.18. The molecule has 0 aliphatic carbocycles. The summed E-state index contributed by atoms with van der Waals surface area (Å²) in [7, 11) is -3.80. The van der Waals surface area contributed by atoms with E-state index in [4.69, 9.17) is 10.9 Å². The van der Waals surface area contributed by atoms with Crippen molar-refractivity contribution in [1.82, 2.24) is 0 Å². The molecule has 1 rings (SSSR count). The van der Waals surface area contributed by atoms with E-state index in [-0.39, 0.29) is 17.1 Å². The van der Waals surface area contributed by atoms with Gasteiger partial charge < -0.3 is 11.1 Å². The fourth-order valence-electron chi connectivity index (χ4n) is 1.04. The predicted octanol–water partition coefficient (Wildman–Crippen LogP) is -0.769. The van der Waals surface area contributed by atoms with E-state index in [9.17, 15) is 13.2 Å². The number of hydrogen-bond donors (Lipinski definition) is 3. The van der Waals surface area contributed by atoms with Crippen molar-refractivity contribution in [2.24, 2.45) is 10.9 Å². The summed E-state index contributed by atoms with van der Waals surface area (Å²) in [4.78, 5) is 10.4. The SMILES string of the molecule is NC(=O)CNc1ccccc1S(N)(=O)=O. The maximum Gasteiger partial charge on any atom is 0.240 e. The van der Waals surface area contributed by atoms with E-state index in [2.05, 4.69) is 5.32 Å². The summed E-state index contributed by atoms with van der Waals surface area (Å²) < 4.78 is 22.2. The highest BCUT2D eigenvalue weighted by molar-refractivity contribution is 7.89. The molecule has 0 spiro atoms. The Morgan fingerprint density at radius 3 is 2.47 bits per heavy atom. The van der Waals surface area contributed by atoms with E-state index < -0.39 is 15.9 Å². The molecule has 0 radical (unpaired) electrons. The first-order valence-electron chi connectivity index (χ1n) is 4.05. The number of anilines is 1. The first-order chi connectivity index (χ1) is 6.91. The number of primary amides is 1. The number of rotatable bonds is 4. The maximum absolute atomic E-state index is 11.1. The van der Waals surface area contributed by atoms with Crippen molar-refractivity contribution in [2.75, 3.05) is 11.9 Å². The monoisotopic (exact) mass is 229 g/mol. The number of carbonyl (C=O) groups is 1. The topological polar surface area (TPSA) is 115 Å². The fraction of sp³-hybridized carbons (Fsp3) is 0.125. The lowest BCUT2D eigenvalue weighted by Crippen LogP contribution is -2.23. The lowest BCUT2D eigenvalue weighted by molar-refractivity contribution is -0.116. The van der Waals surface area contributed by atoms with Crippen LogP contribution in [0.15, 0.2) is 29.2 Å². The smallest absolute Gasteiger partial charge is 0.240 e. The minimum Gasteiger partial charge on any atom is -0.375 e. The molecule has 0 saturated carbocycles. The molecule has 0 aromatic heterocycles. The molecule has 5 N–H and O–H groups in total. The van der Waals surface area contributed by atoms with E-state index in [1.54, 1.807) is 6.07 Å². The minimum absolute atomic E-state index is 0.0637. The molecule has 0 aliphatic rings. The van der Waals surface area contributed by atoms with Gasteiger partial charge in [0.1, 0.15) is 4.90 Å². The number of benzene rings is 1. The van der Waals surface area contributed by atoms with Crippen LogP contribution >= 0.6 is 0 Å². The Kier molecular flexibility index (Phi) is 3.28. The van der Waals surface area contributed by atoms with E-state index in [0.717, 1.165) is 0 Å². The number of carbonyl (C=O) groups excluding carboxylic acids is 1. The van der Waals surface area contributed by atoms with Crippen LogP contribution in [0.1, 0.15) is 0 Å². The van der Waals surface area contributed by atoms with Gasteiger partial charge in [-0.05, 0) is 12.1 Å². The van der Waals surface area contributed by atoms with Gasteiger partial charge in [0.15, 0.2) is 0 Å². The summed E-state index contributed by atoms with van der Waals surface area (Å²) in [5.41, 5.74) is 5.18. The highest BCUT2D eigenvalue weighted by Gasteiger charge is 2.12. The van der Waals surface area contributed by atoms with Gasteiger partial charge in [-0.2, -0.15) is 0 Å². The third-order valence-corrected chi connectivity index (χ3v) is 2.62. The summed E-state index contributed by atoms with van der Waals surface area (Å²) in [6.45, 7) is -0.146. The van der Waals surface area contributed by atoms with Crippen LogP contribution in [0.4, 0.5) is 5.69 Å². The summed E-state index contributed by atoms with van der Waals surface area (Å²) in [5, 5.41) is 7.57. The van der Waals surface area contributed by atoms with Gasteiger partial charge in [0.2, 0.25) is 15.9 Å². The van der Waals surface area contributed by atoms with Crippen molar-refractivity contribution in [1.29, 1.82) is 0 Å². The minimum atomic E-state index is -3.80. The second-order valence-electron chi connectivity index (χ2n) is 2.86. The molecular weight excluding hydrogens is 218 g/mol. The van der Waals surface area contributed by atoms with Gasteiger partial charge in [0.25, 0.3) is 0 Å². The number of sulfonamides is 1. The number of nitrogens with two attached hydrogens (primary N) is 2. The molecule has 0 unspecified atom stereocenters. The number of amides is 1. The van der Waals surface area contributed by atoms with Gasteiger partial charge >= 0.3 is 0 Å². The van der Waals surface area contributed by atoms with Gasteiger partial charge in [-0.1, -0.05) is 12.1 Å². The summed E-state index contributed by atoms with van der Waals surface area (Å²) in [5.74, 6) is -0.584. The van der Waals surface area contributed by atoms with Crippen molar-refractivity contribution in [3.05, 3.63) is 24.3 Å². The molecule has 6 nitrogen and oxygen atoms in total. The molecule has 0 atom stereocenters. The second kappa shape index (κ2) is 4.28. The molecule has 1 amide bonds. The van der Waals surface area contributed by atoms with Crippen LogP contribution in [-0.4, -0.2) is 20.9 Å². The molecule has 0 saturated heterocycles. The molecule has 0 bridgehead atoms. The van der Waals surface area contributed by atoms with Crippen LogP contribution in [-0.2, 0) is 14.8 Å². The first-order valence-corrected chi connectivity index (χ1v) is 5.60. The number of nitrogens with one attached hydrogen (secondary N) is 1. The Morgan fingerprint density at radius 2 is 1.93 bits per heavy atom. The Hall–Kier alpha value is -1.60. The van der Waals surface area contributed by atoms with Crippen molar-refractivity contribution < 1.29 is 13.2 Å². The third-order valence-electron chi connectivity index (χ3n) is 1.65. The van der Waals surface area contributed by atoms with Crippen LogP contribution in [0, 0.1) is 0 Å². The van der Waals surface area contributed by atoms with Crippen molar-refractivity contribution >= 4 is 21.6 Å². The average molecular weight is 229 g/mol. The number of hydrogen-bond acceptors (Lipinski definition) is 4. The van der Waals surface area contributed by atoms with E-state index in [1.165, 1.54) is 18.2 Å². The summed E-state index contributed by atoms with van der Waals surface area (Å²) in [6.07, 6.45) is 0. The molecule has 82 valence electrons. The molecule has 1 aromatic carbocycles. The first kappa shape index (κ1) is 11.5. The van der Waals surface area contributed by atoms with E-state index in [0.29, 0.717) is 0 Å². The summed E-state index contributed by atoms with van der Waals surface area (Å²) in [6, 6.07) is 6.01. The van der Waals surface area contributed by atoms with Crippen LogP contribution in [0.3, 0.4) is 0 Å². The van der Waals surface area contributed by atoms with Gasteiger partial charge in [0.05, 0.1) is 12.2 Å². The molecule has 0 heterocycles. The van der Waals surface area contributed by atoms with Crippen LogP contribution in [0.25, 0.3) is 0 Å². The van der Waals surface area contributed by atoms with Crippen LogP contribution in [0.2, 0.25) is 0 Å². The molecular formula is C8H11N3O3S. The Labute approximate surface area is 87.3 Å². The standard InChI is InChI=1S/C8H11N3O3S/c9-8(12)5-11-6-3-1-2-4-7(6)15(10,13)14/h1-4,11H,5H2,(H2,9,12)(H2,10,13,14). The van der Waals surface area contributed by atoms with Crippen molar-refractivity contribution in [3.63, 3.8) is 0 Å². The Balaban J connectivity index is 3.02. The predicted molar refractivity (Wildman–Crippen MR) is 55.5 cm³/mol. The summed E-state index contributed by atoms with van der Waals surface area (Å²) >= 11 is 0. The Bertz CT molecular complexity index is 470. The second-order valence-corrected chi connectivity index (χ2v) is 4.39. The molecule has 1 aromatic rings. The molecule has 0 aliphatic heterocycles. The average Bonchev–Trinajstić information content (AvgIpc) is 2.13. The van der Waals surface area contributed by atoms with Gasteiger partial charge in [-0.3, -0.25) is 4.79 Å². The number of para-hydroxylation sites is 1. The zero-order valence-electron chi connectivity index (χ0n) is 7.80. The van der Waals surface area contributed by atoms with Crippen molar-refractivity contribution in [3.8, 4) is 0 Å². The zero-order valence-corrected chi connectivity index (χ0v) is 8.62. The molecule has 0 fully saturated rings. The zero-order chi connectivity index (χ0) is 11.5. The number of primary sulfonamides is 1. The lowest BCUT2D eigenvalue weighted by Gasteiger charge is -2.08. The highest BCUT2D eigenvalue weighted by atomic mass is 32.2. The van der Waals surface area contributed by atoms with Crippen LogP contribution in [0.5, 0.6) is 0 Å². The fourth-order valence-corrected chi connectivity index (χ4v) is 1.76. The van der Waals surface area contributed by atoms with E-state index >= 15 is 0 Å². The Morgan fingerprint density at radius 1 is 1.33 bits per heavy atom. The molecule has 7 heteroatoms. The molecule has 15 heavy (non-hydrogen) atoms.